The number of rotatable bonds is 7. The van der Waals surface area contributed by atoms with Crippen LogP contribution in [0.3, 0.4) is 0 Å². The number of methoxy groups -OCH3 is 1. The maximum Gasteiger partial charge on any atom is 0.319 e. The number of anilines is 1. The van der Waals surface area contributed by atoms with Crippen molar-refractivity contribution in [3.8, 4) is 5.75 Å². The summed E-state index contributed by atoms with van der Waals surface area (Å²) in [6.45, 7) is 5.21. The molecule has 0 radical (unpaired) electrons. The number of nitrogens with zero attached hydrogens (tertiary/aromatic N) is 1. The van der Waals surface area contributed by atoms with Gasteiger partial charge in [0, 0.05) is 18.2 Å². The molecular formula is C16H21N3O3S. The molecule has 0 saturated carbocycles. The van der Waals surface area contributed by atoms with E-state index in [2.05, 4.69) is 15.6 Å². The molecule has 6 nitrogen and oxygen atoms in total. The lowest BCUT2D eigenvalue weighted by Crippen LogP contribution is -2.28. The summed E-state index contributed by atoms with van der Waals surface area (Å²) < 4.78 is 10.6. The van der Waals surface area contributed by atoms with E-state index in [1.165, 1.54) is 11.3 Å². The van der Waals surface area contributed by atoms with Gasteiger partial charge in [0.1, 0.15) is 17.4 Å². The van der Waals surface area contributed by atoms with E-state index in [-0.39, 0.29) is 6.03 Å². The Morgan fingerprint density at radius 1 is 1.30 bits per heavy atom. The largest absolute Gasteiger partial charge is 0.489 e. The Morgan fingerprint density at radius 2 is 2.13 bits per heavy atom. The third-order valence-corrected chi connectivity index (χ3v) is 3.96. The van der Waals surface area contributed by atoms with E-state index in [0.29, 0.717) is 31.2 Å². The summed E-state index contributed by atoms with van der Waals surface area (Å²) in [6, 6.07) is 5.33. The van der Waals surface area contributed by atoms with Gasteiger partial charge in [-0.3, -0.25) is 0 Å². The van der Waals surface area contributed by atoms with Crippen LogP contribution in [0.5, 0.6) is 5.75 Å². The lowest BCUT2D eigenvalue weighted by atomic mass is 10.2. The van der Waals surface area contributed by atoms with Crippen LogP contribution < -0.4 is 15.4 Å². The Morgan fingerprint density at radius 3 is 2.83 bits per heavy atom. The van der Waals surface area contributed by atoms with Crippen molar-refractivity contribution in [2.75, 3.05) is 25.6 Å². The van der Waals surface area contributed by atoms with Gasteiger partial charge in [0.25, 0.3) is 0 Å². The predicted octanol–water partition coefficient (Wildman–Crippen LogP) is 3.11. The summed E-state index contributed by atoms with van der Waals surface area (Å²) in [7, 11) is 1.62. The summed E-state index contributed by atoms with van der Waals surface area (Å²) in [5, 5.41) is 8.42. The molecule has 2 N–H and O–H groups in total. The molecule has 0 aliphatic carbocycles. The Bertz CT molecular complexity index is 658. The summed E-state index contributed by atoms with van der Waals surface area (Å²) in [6.07, 6.45) is 0. The highest BCUT2D eigenvalue weighted by atomic mass is 32.1. The van der Waals surface area contributed by atoms with Crippen LogP contribution in [-0.4, -0.2) is 31.3 Å². The molecule has 0 bridgehead atoms. The molecule has 124 valence electrons. The number of ether oxygens (including phenoxy) is 2. The zero-order valence-electron chi connectivity index (χ0n) is 13.5. The predicted molar refractivity (Wildman–Crippen MR) is 91.3 cm³/mol. The number of aryl methyl sites for hydroxylation is 2. The van der Waals surface area contributed by atoms with Gasteiger partial charge in [0.05, 0.1) is 18.8 Å². The van der Waals surface area contributed by atoms with Crippen molar-refractivity contribution in [3.05, 3.63) is 39.8 Å². The summed E-state index contributed by atoms with van der Waals surface area (Å²) in [5.74, 6) is 0.627. The Hall–Kier alpha value is -2.12. The average Bonchev–Trinajstić information content (AvgIpc) is 2.94. The minimum atomic E-state index is -0.293. The first-order valence-corrected chi connectivity index (χ1v) is 8.14. The van der Waals surface area contributed by atoms with Crippen LogP contribution in [0.4, 0.5) is 10.5 Å². The van der Waals surface area contributed by atoms with Gasteiger partial charge in [-0.25, -0.2) is 9.78 Å². The molecule has 7 heteroatoms. The lowest BCUT2D eigenvalue weighted by molar-refractivity contribution is 0.146. The van der Waals surface area contributed by atoms with E-state index in [4.69, 9.17) is 9.47 Å². The number of urea groups is 1. The molecule has 0 atom stereocenters. The van der Waals surface area contributed by atoms with E-state index in [9.17, 15) is 4.79 Å². The minimum absolute atomic E-state index is 0.293. The van der Waals surface area contributed by atoms with Crippen molar-refractivity contribution < 1.29 is 14.3 Å². The maximum absolute atomic E-state index is 12.0. The zero-order chi connectivity index (χ0) is 16.7. The number of carbonyl (C=O) groups is 1. The van der Waals surface area contributed by atoms with Crippen molar-refractivity contribution in [1.82, 2.24) is 10.3 Å². The molecular weight excluding hydrogens is 314 g/mol. The fourth-order valence-corrected chi connectivity index (χ4v) is 2.60. The second kappa shape index (κ2) is 8.50. The molecule has 0 spiro atoms. The maximum atomic E-state index is 12.0. The van der Waals surface area contributed by atoms with Gasteiger partial charge in [0.2, 0.25) is 0 Å². The van der Waals surface area contributed by atoms with Crippen LogP contribution in [0.15, 0.2) is 23.6 Å². The van der Waals surface area contributed by atoms with Crippen molar-refractivity contribution in [2.45, 2.75) is 20.4 Å². The molecule has 2 rings (SSSR count). The van der Waals surface area contributed by atoms with Crippen LogP contribution in [-0.2, 0) is 11.3 Å². The number of thiazole rings is 1. The van der Waals surface area contributed by atoms with Crippen LogP contribution in [0.1, 0.15) is 16.3 Å². The zero-order valence-corrected chi connectivity index (χ0v) is 14.3. The van der Waals surface area contributed by atoms with Gasteiger partial charge in [-0.2, -0.15) is 0 Å². The van der Waals surface area contributed by atoms with E-state index in [1.807, 2.05) is 37.4 Å². The van der Waals surface area contributed by atoms with Gasteiger partial charge in [-0.1, -0.05) is 6.07 Å². The van der Waals surface area contributed by atoms with Gasteiger partial charge in [0.15, 0.2) is 0 Å². The van der Waals surface area contributed by atoms with Crippen LogP contribution in [0.25, 0.3) is 0 Å². The standard InChI is InChI=1S/C16H21N3O3S/c1-11-4-5-13(14(8-11)22-7-6-21-3)19-16(20)17-9-15-18-12(2)10-23-15/h4-5,8,10H,6-7,9H2,1-3H3,(H2,17,19,20). The second-order valence-electron chi connectivity index (χ2n) is 5.03. The number of carbonyl (C=O) groups excluding carboxylic acids is 1. The lowest BCUT2D eigenvalue weighted by Gasteiger charge is -2.13. The molecule has 0 aliphatic rings. The fourth-order valence-electron chi connectivity index (χ4n) is 1.89. The normalized spacial score (nSPS) is 10.4. The minimum Gasteiger partial charge on any atom is -0.489 e. The summed E-state index contributed by atoms with van der Waals surface area (Å²) >= 11 is 1.52. The molecule has 0 unspecified atom stereocenters. The van der Waals surface area contributed by atoms with Gasteiger partial charge in [-0.05, 0) is 31.5 Å². The van der Waals surface area contributed by atoms with Crippen molar-refractivity contribution >= 4 is 23.1 Å². The van der Waals surface area contributed by atoms with Crippen molar-refractivity contribution in [3.63, 3.8) is 0 Å². The fraction of sp³-hybridized carbons (Fsp3) is 0.375. The van der Waals surface area contributed by atoms with Crippen molar-refractivity contribution in [1.29, 1.82) is 0 Å². The highest BCUT2D eigenvalue weighted by molar-refractivity contribution is 7.09. The first kappa shape index (κ1) is 17.2. The quantitative estimate of drug-likeness (QED) is 0.763. The molecule has 1 aromatic carbocycles. The summed E-state index contributed by atoms with van der Waals surface area (Å²) in [4.78, 5) is 16.3. The van der Waals surface area contributed by atoms with Crippen LogP contribution in [0.2, 0.25) is 0 Å². The number of benzene rings is 1. The molecule has 1 heterocycles. The monoisotopic (exact) mass is 335 g/mol. The molecule has 23 heavy (non-hydrogen) atoms. The molecule has 2 amide bonds. The van der Waals surface area contributed by atoms with Crippen LogP contribution in [0, 0.1) is 13.8 Å². The molecule has 0 saturated heterocycles. The topological polar surface area (TPSA) is 72.5 Å². The number of aromatic nitrogens is 1. The number of hydrogen-bond donors (Lipinski definition) is 2. The third-order valence-electron chi connectivity index (χ3n) is 3.00. The molecule has 0 aliphatic heterocycles. The van der Waals surface area contributed by atoms with Gasteiger partial charge >= 0.3 is 6.03 Å². The Labute approximate surface area is 139 Å². The Kier molecular flexibility index (Phi) is 6.37. The first-order chi connectivity index (χ1) is 11.1. The SMILES string of the molecule is COCCOc1cc(C)ccc1NC(=O)NCc1nc(C)cs1. The molecule has 1 aromatic heterocycles. The summed E-state index contributed by atoms with van der Waals surface area (Å²) in [5.41, 5.74) is 2.64. The highest BCUT2D eigenvalue weighted by Crippen LogP contribution is 2.25. The molecule has 0 fully saturated rings. The first-order valence-electron chi connectivity index (χ1n) is 7.26. The van der Waals surface area contributed by atoms with E-state index < -0.39 is 0 Å². The van der Waals surface area contributed by atoms with E-state index in [1.54, 1.807) is 7.11 Å². The molecule has 2 aromatic rings. The third kappa shape index (κ3) is 5.54. The van der Waals surface area contributed by atoms with E-state index in [0.717, 1.165) is 16.3 Å². The smallest absolute Gasteiger partial charge is 0.319 e. The number of hydrogen-bond acceptors (Lipinski definition) is 5. The van der Waals surface area contributed by atoms with Gasteiger partial charge in [-0.15, -0.1) is 11.3 Å². The average molecular weight is 335 g/mol. The van der Waals surface area contributed by atoms with E-state index >= 15 is 0 Å². The highest BCUT2D eigenvalue weighted by Gasteiger charge is 2.09. The van der Waals surface area contributed by atoms with Crippen LogP contribution >= 0.6 is 11.3 Å². The second-order valence-corrected chi connectivity index (χ2v) is 5.97. The number of nitrogens with one attached hydrogen (secondary N) is 2. The van der Waals surface area contributed by atoms with Crippen molar-refractivity contribution in [2.24, 2.45) is 0 Å². The van der Waals surface area contributed by atoms with Gasteiger partial charge < -0.3 is 20.1 Å². The number of amides is 2. The Balaban J connectivity index is 1.93.